The average molecular weight is 273 g/mol. The fourth-order valence-electron chi connectivity index (χ4n) is 2.01. The molecule has 6 nitrogen and oxygen atoms in total. The van der Waals surface area contributed by atoms with E-state index in [1.807, 2.05) is 0 Å². The highest BCUT2D eigenvalue weighted by atomic mass is 16.6. The molecule has 0 radical (unpaired) electrons. The molecular formula is C13H23NO5. The third-order valence-electron chi connectivity index (χ3n) is 3.04. The topological polar surface area (TPSA) is 84.9 Å². The summed E-state index contributed by atoms with van der Waals surface area (Å²) in [6.45, 7) is 1.81. The summed E-state index contributed by atoms with van der Waals surface area (Å²) in [7, 11) is 0. The van der Waals surface area contributed by atoms with Crippen molar-refractivity contribution in [2.45, 2.75) is 45.1 Å². The smallest absolute Gasteiger partial charge is 0.407 e. The van der Waals surface area contributed by atoms with Crippen molar-refractivity contribution in [3.63, 3.8) is 0 Å². The van der Waals surface area contributed by atoms with Gasteiger partial charge in [-0.25, -0.2) is 4.79 Å². The highest BCUT2D eigenvalue weighted by Gasteiger charge is 2.22. The normalized spacial score (nSPS) is 17.6. The molecule has 0 aromatic rings. The monoisotopic (exact) mass is 273 g/mol. The number of amides is 1. The summed E-state index contributed by atoms with van der Waals surface area (Å²) in [4.78, 5) is 22.8. The molecule has 0 unspecified atom stereocenters. The van der Waals surface area contributed by atoms with Gasteiger partial charge >= 0.3 is 12.1 Å². The molecule has 110 valence electrons. The van der Waals surface area contributed by atoms with Crippen molar-refractivity contribution in [1.82, 2.24) is 5.32 Å². The number of esters is 1. The highest BCUT2D eigenvalue weighted by Crippen LogP contribution is 2.24. The number of aliphatic hydroxyl groups is 1. The zero-order chi connectivity index (χ0) is 14.1. The Labute approximate surface area is 113 Å². The third-order valence-corrected chi connectivity index (χ3v) is 3.04. The molecule has 0 aromatic carbocycles. The van der Waals surface area contributed by atoms with E-state index >= 15 is 0 Å². The van der Waals surface area contributed by atoms with Gasteiger partial charge in [0.05, 0.1) is 12.0 Å². The number of hydrogen-bond acceptors (Lipinski definition) is 5. The van der Waals surface area contributed by atoms with Crippen LogP contribution in [0.5, 0.6) is 0 Å². The molecule has 2 N–H and O–H groups in total. The van der Waals surface area contributed by atoms with E-state index in [9.17, 15) is 9.59 Å². The van der Waals surface area contributed by atoms with Crippen molar-refractivity contribution in [2.75, 3.05) is 19.8 Å². The van der Waals surface area contributed by atoms with E-state index in [0.29, 0.717) is 0 Å². The van der Waals surface area contributed by atoms with Gasteiger partial charge in [-0.3, -0.25) is 4.79 Å². The van der Waals surface area contributed by atoms with Crippen LogP contribution in [0, 0.1) is 5.92 Å². The molecule has 0 aromatic heterocycles. The summed E-state index contributed by atoms with van der Waals surface area (Å²) in [5.41, 5.74) is 0. The van der Waals surface area contributed by atoms with Gasteiger partial charge in [0, 0.05) is 6.54 Å². The first-order valence-electron chi connectivity index (χ1n) is 6.85. The number of aliphatic hydroxyl groups excluding tert-OH is 1. The number of carbonyl (C=O) groups is 2. The molecule has 0 bridgehead atoms. The van der Waals surface area contributed by atoms with E-state index in [2.05, 4.69) is 5.32 Å². The lowest BCUT2D eigenvalue weighted by Gasteiger charge is -2.19. The van der Waals surface area contributed by atoms with Crippen molar-refractivity contribution < 1.29 is 24.2 Å². The summed E-state index contributed by atoms with van der Waals surface area (Å²) in [6, 6.07) is 0. The molecule has 0 spiro atoms. The van der Waals surface area contributed by atoms with Crippen LogP contribution >= 0.6 is 0 Å². The number of hydrogen-bond donors (Lipinski definition) is 2. The van der Waals surface area contributed by atoms with Crippen LogP contribution in [0.1, 0.15) is 39.0 Å². The van der Waals surface area contributed by atoms with Gasteiger partial charge in [0.15, 0.2) is 0 Å². The Morgan fingerprint density at radius 2 is 1.84 bits per heavy atom. The molecule has 1 saturated carbocycles. The molecule has 1 aliphatic rings. The van der Waals surface area contributed by atoms with E-state index in [1.165, 1.54) is 6.42 Å². The quantitative estimate of drug-likeness (QED) is 0.561. The zero-order valence-electron chi connectivity index (χ0n) is 11.4. The molecule has 1 amide bonds. The standard InChI is InChI=1S/C13H23NO5/c1-10(15)9-14-13(17)19-8-7-18-12(16)11-5-3-2-4-6-11/h10-11,15H,2-9H2,1H3,(H,14,17)/t10-/m1/s1. The summed E-state index contributed by atoms with van der Waals surface area (Å²) < 4.78 is 9.86. The van der Waals surface area contributed by atoms with E-state index in [1.54, 1.807) is 6.92 Å². The number of alkyl carbamates (subject to hydrolysis) is 1. The van der Waals surface area contributed by atoms with Crippen LogP contribution in [0.25, 0.3) is 0 Å². The van der Waals surface area contributed by atoms with Gasteiger partial charge in [-0.05, 0) is 19.8 Å². The minimum Gasteiger partial charge on any atom is -0.462 e. The van der Waals surface area contributed by atoms with Gasteiger partial charge in [-0.1, -0.05) is 19.3 Å². The fraction of sp³-hybridized carbons (Fsp3) is 0.846. The number of nitrogens with one attached hydrogen (secondary N) is 1. The van der Waals surface area contributed by atoms with Gasteiger partial charge in [-0.2, -0.15) is 0 Å². The van der Waals surface area contributed by atoms with Crippen molar-refractivity contribution in [3.05, 3.63) is 0 Å². The largest absolute Gasteiger partial charge is 0.462 e. The molecule has 6 heteroatoms. The second-order valence-corrected chi connectivity index (χ2v) is 4.87. The Hall–Kier alpha value is -1.30. The average Bonchev–Trinajstić information content (AvgIpc) is 2.42. The lowest BCUT2D eigenvalue weighted by atomic mass is 9.89. The molecule has 0 aliphatic heterocycles. The van der Waals surface area contributed by atoms with Crippen LogP contribution in [0.4, 0.5) is 4.79 Å². The Kier molecular flexibility index (Phi) is 7.25. The number of rotatable bonds is 6. The summed E-state index contributed by atoms with van der Waals surface area (Å²) in [5, 5.41) is 11.3. The van der Waals surface area contributed by atoms with Gasteiger partial charge < -0.3 is 19.9 Å². The Bertz CT molecular complexity index is 287. The number of ether oxygens (including phenoxy) is 2. The van der Waals surface area contributed by atoms with E-state index in [4.69, 9.17) is 14.6 Å². The predicted molar refractivity (Wildman–Crippen MR) is 68.6 cm³/mol. The zero-order valence-corrected chi connectivity index (χ0v) is 11.4. The first kappa shape index (κ1) is 15.8. The van der Waals surface area contributed by atoms with Crippen LogP contribution in [0.15, 0.2) is 0 Å². The van der Waals surface area contributed by atoms with Crippen LogP contribution < -0.4 is 5.32 Å². The maximum absolute atomic E-state index is 11.6. The molecule has 0 heterocycles. The SMILES string of the molecule is C[C@@H](O)CNC(=O)OCCOC(=O)C1CCCCC1. The number of carbonyl (C=O) groups excluding carboxylic acids is 2. The van der Waals surface area contributed by atoms with Gasteiger partial charge in [0.1, 0.15) is 13.2 Å². The molecule has 1 fully saturated rings. The maximum Gasteiger partial charge on any atom is 0.407 e. The summed E-state index contributed by atoms with van der Waals surface area (Å²) >= 11 is 0. The molecule has 1 aliphatic carbocycles. The maximum atomic E-state index is 11.6. The Balaban J connectivity index is 2.03. The first-order valence-corrected chi connectivity index (χ1v) is 6.85. The van der Waals surface area contributed by atoms with Gasteiger partial charge in [0.2, 0.25) is 0 Å². The second kappa shape index (κ2) is 8.74. The van der Waals surface area contributed by atoms with Gasteiger partial charge in [-0.15, -0.1) is 0 Å². The molecule has 0 saturated heterocycles. The summed E-state index contributed by atoms with van der Waals surface area (Å²) in [6.07, 6.45) is 3.92. The predicted octanol–water partition coefficient (Wildman–Crippen LogP) is 1.22. The Morgan fingerprint density at radius 1 is 1.21 bits per heavy atom. The summed E-state index contributed by atoms with van der Waals surface area (Å²) in [5.74, 6) is -0.175. The molecular weight excluding hydrogens is 250 g/mol. The highest BCUT2D eigenvalue weighted by molar-refractivity contribution is 5.72. The van der Waals surface area contributed by atoms with Crippen molar-refractivity contribution in [3.8, 4) is 0 Å². The van der Waals surface area contributed by atoms with Crippen LogP contribution in [0.2, 0.25) is 0 Å². The Morgan fingerprint density at radius 3 is 2.47 bits per heavy atom. The molecule has 1 atom stereocenters. The van der Waals surface area contributed by atoms with Crippen LogP contribution in [-0.2, 0) is 14.3 Å². The lowest BCUT2D eigenvalue weighted by Crippen LogP contribution is -2.32. The van der Waals surface area contributed by atoms with Crippen molar-refractivity contribution in [1.29, 1.82) is 0 Å². The minimum atomic E-state index is -0.616. The van der Waals surface area contributed by atoms with E-state index < -0.39 is 12.2 Å². The third kappa shape index (κ3) is 7.00. The molecule has 1 rings (SSSR count). The van der Waals surface area contributed by atoms with Crippen LogP contribution in [-0.4, -0.2) is 43.0 Å². The lowest BCUT2D eigenvalue weighted by molar-refractivity contribution is -0.150. The molecule has 19 heavy (non-hydrogen) atoms. The minimum absolute atomic E-state index is 0.0119. The van der Waals surface area contributed by atoms with Crippen LogP contribution in [0.3, 0.4) is 0 Å². The second-order valence-electron chi connectivity index (χ2n) is 4.87. The van der Waals surface area contributed by atoms with Crippen molar-refractivity contribution in [2.24, 2.45) is 5.92 Å². The van der Waals surface area contributed by atoms with Gasteiger partial charge in [0.25, 0.3) is 0 Å². The van der Waals surface area contributed by atoms with E-state index in [0.717, 1.165) is 25.7 Å². The van der Waals surface area contributed by atoms with E-state index in [-0.39, 0.29) is 31.6 Å². The first-order chi connectivity index (χ1) is 9.09. The fourth-order valence-corrected chi connectivity index (χ4v) is 2.01. The van der Waals surface area contributed by atoms with Crippen molar-refractivity contribution >= 4 is 12.1 Å².